The molecule has 6 unspecified atom stereocenters. The summed E-state index contributed by atoms with van der Waals surface area (Å²) < 4.78 is 22.7. The summed E-state index contributed by atoms with van der Waals surface area (Å²) in [6.45, 7) is 4.37. The van der Waals surface area contributed by atoms with Crippen molar-refractivity contribution in [1.29, 1.82) is 0 Å². The Morgan fingerprint density at radius 2 is 1.05 bits per heavy atom. The molecule has 326 valence electrons. The SMILES string of the molecule is CC/C=C\C/C=C\C/C=C\C/C=C\CCC(=O)OC(COCCCCCCCCCCCCCCCCCCCCCC)COC1OC(CO)C(O)C(O)C1O. The molecule has 0 radical (unpaired) electrons. The molecule has 56 heavy (non-hydrogen) atoms. The highest BCUT2D eigenvalue weighted by Gasteiger charge is 2.44. The van der Waals surface area contributed by atoms with Crippen molar-refractivity contribution in [2.24, 2.45) is 0 Å². The number of rotatable bonds is 38. The standard InChI is InChI=1S/C47H84O9/c1-3-5-7-9-11-13-15-17-18-19-20-21-22-23-25-27-29-31-33-35-37-53-39-41(40-54-47-46(52)45(51)44(50)42(38-48)56-47)55-43(49)36-34-32-30-28-26-24-16-14-12-10-8-6-4-2/h6,8,12,14,24,26,30,32,41-42,44-48,50-52H,3-5,7,9-11,13,15-23,25,27-29,31,33-40H2,1-2H3/b8-6-,14-12-,26-24-,32-30-. The molecular weight excluding hydrogens is 709 g/mol. The zero-order valence-corrected chi connectivity index (χ0v) is 35.6. The van der Waals surface area contributed by atoms with Gasteiger partial charge in [-0.25, -0.2) is 0 Å². The fraction of sp³-hybridized carbons (Fsp3) is 0.809. The summed E-state index contributed by atoms with van der Waals surface area (Å²) in [5.41, 5.74) is 0. The Morgan fingerprint density at radius 1 is 0.589 bits per heavy atom. The maximum absolute atomic E-state index is 12.7. The molecule has 0 bridgehead atoms. The van der Waals surface area contributed by atoms with Crippen LogP contribution in [0.15, 0.2) is 48.6 Å². The second kappa shape index (κ2) is 38.7. The van der Waals surface area contributed by atoms with E-state index in [2.05, 4.69) is 50.3 Å². The van der Waals surface area contributed by atoms with Gasteiger partial charge in [0.2, 0.25) is 0 Å². The molecule has 1 fully saturated rings. The molecule has 0 aromatic rings. The van der Waals surface area contributed by atoms with Crippen molar-refractivity contribution in [3.05, 3.63) is 48.6 Å². The highest BCUT2D eigenvalue weighted by atomic mass is 16.7. The number of carbonyl (C=O) groups is 1. The van der Waals surface area contributed by atoms with Crippen molar-refractivity contribution < 1.29 is 44.2 Å². The van der Waals surface area contributed by atoms with Gasteiger partial charge >= 0.3 is 5.97 Å². The first-order valence-corrected chi connectivity index (χ1v) is 22.7. The fourth-order valence-corrected chi connectivity index (χ4v) is 6.74. The van der Waals surface area contributed by atoms with Gasteiger partial charge in [0.15, 0.2) is 6.29 Å². The lowest BCUT2D eigenvalue weighted by molar-refractivity contribution is -0.305. The Balaban J connectivity index is 2.26. The predicted octanol–water partition coefficient (Wildman–Crippen LogP) is 10.1. The van der Waals surface area contributed by atoms with Crippen LogP contribution in [-0.4, -0.2) is 89.6 Å². The molecule has 0 saturated carbocycles. The van der Waals surface area contributed by atoms with Crippen LogP contribution in [0.2, 0.25) is 0 Å². The van der Waals surface area contributed by atoms with E-state index in [9.17, 15) is 25.2 Å². The van der Waals surface area contributed by atoms with Crippen LogP contribution in [0, 0.1) is 0 Å². The lowest BCUT2D eigenvalue weighted by atomic mass is 9.99. The van der Waals surface area contributed by atoms with Gasteiger partial charge in [-0.2, -0.15) is 0 Å². The molecule has 1 aliphatic rings. The van der Waals surface area contributed by atoms with E-state index in [1.54, 1.807) is 0 Å². The summed E-state index contributed by atoms with van der Waals surface area (Å²) in [5.74, 6) is -0.391. The molecule has 1 heterocycles. The van der Waals surface area contributed by atoms with Crippen molar-refractivity contribution in [1.82, 2.24) is 0 Å². The van der Waals surface area contributed by atoms with E-state index >= 15 is 0 Å². The third-order valence-corrected chi connectivity index (χ3v) is 10.3. The molecule has 0 aromatic heterocycles. The highest BCUT2D eigenvalue weighted by molar-refractivity contribution is 5.69. The Morgan fingerprint density at radius 3 is 1.54 bits per heavy atom. The van der Waals surface area contributed by atoms with Gasteiger partial charge in [0.1, 0.15) is 30.5 Å². The molecule has 1 saturated heterocycles. The molecule has 1 rings (SSSR count). The van der Waals surface area contributed by atoms with Crippen LogP contribution in [0.1, 0.15) is 181 Å². The van der Waals surface area contributed by atoms with E-state index < -0.39 is 49.4 Å². The van der Waals surface area contributed by atoms with Crippen molar-refractivity contribution in [3.63, 3.8) is 0 Å². The monoisotopic (exact) mass is 793 g/mol. The zero-order chi connectivity index (χ0) is 40.7. The van der Waals surface area contributed by atoms with Gasteiger partial charge in [0.05, 0.1) is 19.8 Å². The molecule has 9 nitrogen and oxygen atoms in total. The van der Waals surface area contributed by atoms with E-state index in [-0.39, 0.29) is 19.6 Å². The Hall–Kier alpha value is -1.85. The number of unbranched alkanes of at least 4 members (excludes halogenated alkanes) is 19. The lowest BCUT2D eigenvalue weighted by Gasteiger charge is -2.39. The van der Waals surface area contributed by atoms with Crippen LogP contribution in [-0.2, 0) is 23.7 Å². The van der Waals surface area contributed by atoms with E-state index in [0.29, 0.717) is 13.0 Å². The topological polar surface area (TPSA) is 135 Å². The number of allylic oxidation sites excluding steroid dienone is 8. The predicted molar refractivity (Wildman–Crippen MR) is 228 cm³/mol. The average Bonchev–Trinajstić information content (AvgIpc) is 3.20. The normalized spacial score (nSPS) is 21.0. The molecule has 0 spiro atoms. The van der Waals surface area contributed by atoms with Gasteiger partial charge in [-0.15, -0.1) is 0 Å². The molecule has 4 N–H and O–H groups in total. The minimum absolute atomic E-state index is 0.117. The Labute approximate surface area is 342 Å². The van der Waals surface area contributed by atoms with Crippen LogP contribution < -0.4 is 0 Å². The van der Waals surface area contributed by atoms with Crippen molar-refractivity contribution in [2.45, 2.75) is 218 Å². The summed E-state index contributed by atoms with van der Waals surface area (Å²) in [7, 11) is 0. The van der Waals surface area contributed by atoms with Gasteiger partial charge in [0, 0.05) is 13.0 Å². The molecule has 0 aromatic carbocycles. The van der Waals surface area contributed by atoms with Crippen molar-refractivity contribution in [3.8, 4) is 0 Å². The van der Waals surface area contributed by atoms with E-state index in [1.165, 1.54) is 116 Å². The number of hydrogen-bond acceptors (Lipinski definition) is 9. The van der Waals surface area contributed by atoms with Gasteiger partial charge in [-0.05, 0) is 38.5 Å². The maximum atomic E-state index is 12.7. The number of carbonyl (C=O) groups excluding carboxylic acids is 1. The van der Waals surface area contributed by atoms with E-state index in [0.717, 1.165) is 38.5 Å². The molecule has 0 aliphatic carbocycles. The van der Waals surface area contributed by atoms with Gasteiger partial charge in [0.25, 0.3) is 0 Å². The maximum Gasteiger partial charge on any atom is 0.306 e. The first-order chi connectivity index (χ1) is 27.4. The van der Waals surface area contributed by atoms with Crippen LogP contribution >= 0.6 is 0 Å². The van der Waals surface area contributed by atoms with E-state index in [4.69, 9.17) is 18.9 Å². The second-order valence-electron chi connectivity index (χ2n) is 15.5. The number of hydrogen-bond donors (Lipinski definition) is 4. The molecule has 6 atom stereocenters. The second-order valence-corrected chi connectivity index (χ2v) is 15.5. The molecule has 0 amide bonds. The largest absolute Gasteiger partial charge is 0.457 e. The Bertz CT molecular complexity index is 994. The minimum Gasteiger partial charge on any atom is -0.457 e. The summed E-state index contributed by atoms with van der Waals surface area (Å²) in [6.07, 6.45) is 40.2. The summed E-state index contributed by atoms with van der Waals surface area (Å²) in [4.78, 5) is 12.7. The van der Waals surface area contributed by atoms with Gasteiger partial charge in [-0.3, -0.25) is 4.79 Å². The number of ether oxygens (including phenoxy) is 4. The summed E-state index contributed by atoms with van der Waals surface area (Å²) >= 11 is 0. The molecule has 1 aliphatic heterocycles. The van der Waals surface area contributed by atoms with Crippen molar-refractivity contribution >= 4 is 5.97 Å². The lowest BCUT2D eigenvalue weighted by Crippen LogP contribution is -2.59. The van der Waals surface area contributed by atoms with Crippen LogP contribution in [0.5, 0.6) is 0 Å². The smallest absolute Gasteiger partial charge is 0.306 e. The van der Waals surface area contributed by atoms with Crippen LogP contribution in [0.4, 0.5) is 0 Å². The third kappa shape index (κ3) is 29.4. The van der Waals surface area contributed by atoms with Gasteiger partial charge < -0.3 is 39.4 Å². The quantitative estimate of drug-likeness (QED) is 0.0274. The molecule has 9 heteroatoms. The summed E-state index contributed by atoms with van der Waals surface area (Å²) in [5, 5.41) is 40.1. The number of esters is 1. The zero-order valence-electron chi connectivity index (χ0n) is 35.6. The fourth-order valence-electron chi connectivity index (χ4n) is 6.74. The van der Waals surface area contributed by atoms with Gasteiger partial charge in [-0.1, -0.05) is 184 Å². The highest BCUT2D eigenvalue weighted by Crippen LogP contribution is 2.22. The third-order valence-electron chi connectivity index (χ3n) is 10.3. The summed E-state index contributed by atoms with van der Waals surface area (Å²) in [6, 6.07) is 0. The number of aliphatic hydroxyl groups excluding tert-OH is 4. The Kier molecular flexibility index (Phi) is 36.0. The average molecular weight is 793 g/mol. The van der Waals surface area contributed by atoms with Crippen LogP contribution in [0.3, 0.4) is 0 Å². The number of aliphatic hydroxyl groups is 4. The van der Waals surface area contributed by atoms with Crippen LogP contribution in [0.25, 0.3) is 0 Å². The first kappa shape index (κ1) is 52.2. The molecular formula is C47H84O9. The van der Waals surface area contributed by atoms with Crippen molar-refractivity contribution in [2.75, 3.05) is 26.4 Å². The minimum atomic E-state index is -1.55. The van der Waals surface area contributed by atoms with E-state index in [1.807, 2.05) is 12.2 Å². The first-order valence-electron chi connectivity index (χ1n) is 22.7.